The molecule has 0 bridgehead atoms. The molecule has 1 heterocycles. The number of hydrogen-bond acceptors (Lipinski definition) is 2. The number of anilines is 1. The molecule has 1 aromatic rings. The first-order valence-electron chi connectivity index (χ1n) is 4.15. The second-order valence-corrected chi connectivity index (χ2v) is 5.11. The molecular formula is C9H8BrF2NS. The summed E-state index contributed by atoms with van der Waals surface area (Å²) in [5.74, 6) is 0.728. The van der Waals surface area contributed by atoms with Gasteiger partial charge in [-0.3, -0.25) is 0 Å². The second-order valence-electron chi connectivity index (χ2n) is 3.12. The molecule has 0 saturated carbocycles. The summed E-state index contributed by atoms with van der Waals surface area (Å²) in [6, 6.07) is 2.72. The van der Waals surface area contributed by atoms with Crippen molar-refractivity contribution in [2.75, 3.05) is 16.8 Å². The highest BCUT2D eigenvalue weighted by molar-refractivity contribution is 9.10. The van der Waals surface area contributed by atoms with Crippen LogP contribution in [-0.4, -0.2) is 17.5 Å². The molecule has 1 saturated heterocycles. The van der Waals surface area contributed by atoms with Crippen LogP contribution in [0.2, 0.25) is 0 Å². The minimum atomic E-state index is -0.547. The summed E-state index contributed by atoms with van der Waals surface area (Å²) in [6.07, 6.45) is 0. The van der Waals surface area contributed by atoms with Crippen molar-refractivity contribution in [3.63, 3.8) is 0 Å². The van der Waals surface area contributed by atoms with E-state index in [2.05, 4.69) is 21.2 Å². The Balaban J connectivity index is 2.22. The van der Waals surface area contributed by atoms with E-state index < -0.39 is 11.6 Å². The average molecular weight is 280 g/mol. The van der Waals surface area contributed by atoms with Crippen LogP contribution in [0.4, 0.5) is 14.5 Å². The first kappa shape index (κ1) is 10.2. The molecule has 0 atom stereocenters. The first-order valence-corrected chi connectivity index (χ1v) is 6.10. The number of benzene rings is 1. The standard InChI is InChI=1S/C9H8BrF2NS/c10-5-1-7(11)9(8(12)2-5)13-6-3-14-4-6/h1-2,6,13H,3-4H2. The van der Waals surface area contributed by atoms with E-state index in [0.29, 0.717) is 4.47 Å². The van der Waals surface area contributed by atoms with Gasteiger partial charge in [0.05, 0.1) is 0 Å². The molecule has 1 aromatic carbocycles. The predicted octanol–water partition coefficient (Wildman–Crippen LogP) is 3.25. The fraction of sp³-hybridized carbons (Fsp3) is 0.333. The lowest BCUT2D eigenvalue weighted by Gasteiger charge is -2.27. The highest BCUT2D eigenvalue weighted by Crippen LogP contribution is 2.27. The van der Waals surface area contributed by atoms with Gasteiger partial charge in [-0.25, -0.2) is 8.78 Å². The van der Waals surface area contributed by atoms with Gasteiger partial charge in [0.15, 0.2) is 0 Å². The van der Waals surface area contributed by atoms with Crippen molar-refractivity contribution in [2.24, 2.45) is 0 Å². The van der Waals surface area contributed by atoms with E-state index in [0.717, 1.165) is 11.5 Å². The zero-order chi connectivity index (χ0) is 10.1. The van der Waals surface area contributed by atoms with Crippen molar-refractivity contribution >= 4 is 33.4 Å². The fourth-order valence-corrected chi connectivity index (χ4v) is 2.24. The monoisotopic (exact) mass is 279 g/mol. The zero-order valence-corrected chi connectivity index (χ0v) is 9.59. The van der Waals surface area contributed by atoms with Crippen molar-refractivity contribution in [2.45, 2.75) is 6.04 Å². The van der Waals surface area contributed by atoms with Gasteiger partial charge in [-0.2, -0.15) is 11.8 Å². The molecule has 14 heavy (non-hydrogen) atoms. The highest BCUT2D eigenvalue weighted by Gasteiger charge is 2.21. The van der Waals surface area contributed by atoms with Crippen molar-refractivity contribution in [1.82, 2.24) is 0 Å². The summed E-state index contributed by atoms with van der Waals surface area (Å²) in [4.78, 5) is 0. The van der Waals surface area contributed by atoms with E-state index in [4.69, 9.17) is 0 Å². The van der Waals surface area contributed by atoms with Gasteiger partial charge in [-0.05, 0) is 12.1 Å². The minimum Gasteiger partial charge on any atom is -0.376 e. The predicted molar refractivity (Wildman–Crippen MR) is 58.8 cm³/mol. The summed E-state index contributed by atoms with van der Waals surface area (Å²) in [7, 11) is 0. The quantitative estimate of drug-likeness (QED) is 0.892. The topological polar surface area (TPSA) is 12.0 Å². The van der Waals surface area contributed by atoms with Crippen LogP contribution in [0.25, 0.3) is 0 Å². The Morgan fingerprint density at radius 1 is 1.29 bits per heavy atom. The SMILES string of the molecule is Fc1cc(Br)cc(F)c1NC1CSC1. The van der Waals surface area contributed by atoms with Crippen molar-refractivity contribution in [3.05, 3.63) is 28.2 Å². The Morgan fingerprint density at radius 3 is 2.29 bits per heavy atom. The van der Waals surface area contributed by atoms with Crippen LogP contribution in [0.15, 0.2) is 16.6 Å². The van der Waals surface area contributed by atoms with E-state index in [1.165, 1.54) is 12.1 Å². The van der Waals surface area contributed by atoms with E-state index in [-0.39, 0.29) is 11.7 Å². The zero-order valence-electron chi connectivity index (χ0n) is 7.19. The third-order valence-electron chi connectivity index (χ3n) is 1.99. The molecule has 0 unspecified atom stereocenters. The van der Waals surface area contributed by atoms with Crippen molar-refractivity contribution in [3.8, 4) is 0 Å². The van der Waals surface area contributed by atoms with Crippen LogP contribution in [0.1, 0.15) is 0 Å². The maximum absolute atomic E-state index is 13.3. The lowest BCUT2D eigenvalue weighted by atomic mass is 10.2. The summed E-state index contributed by atoms with van der Waals surface area (Å²) >= 11 is 4.80. The molecule has 1 aliphatic rings. The Morgan fingerprint density at radius 2 is 1.86 bits per heavy atom. The Kier molecular flexibility index (Phi) is 2.97. The summed E-state index contributed by atoms with van der Waals surface area (Å²) in [5.41, 5.74) is -0.0153. The second kappa shape index (κ2) is 4.06. The normalized spacial score (nSPS) is 16.5. The molecule has 0 spiro atoms. The van der Waals surface area contributed by atoms with Gasteiger partial charge in [0.25, 0.3) is 0 Å². The van der Waals surface area contributed by atoms with Gasteiger partial charge in [0.2, 0.25) is 0 Å². The maximum atomic E-state index is 13.3. The number of halogens is 3. The lowest BCUT2D eigenvalue weighted by molar-refractivity contribution is 0.583. The molecule has 0 aromatic heterocycles. The third kappa shape index (κ3) is 2.03. The van der Waals surface area contributed by atoms with Gasteiger partial charge < -0.3 is 5.32 Å². The molecular weight excluding hydrogens is 272 g/mol. The molecule has 1 fully saturated rings. The lowest BCUT2D eigenvalue weighted by Crippen LogP contribution is -2.33. The van der Waals surface area contributed by atoms with E-state index in [1.54, 1.807) is 11.8 Å². The van der Waals surface area contributed by atoms with E-state index >= 15 is 0 Å². The van der Waals surface area contributed by atoms with Crippen molar-refractivity contribution < 1.29 is 8.78 Å². The minimum absolute atomic E-state index is 0.0153. The fourth-order valence-electron chi connectivity index (χ4n) is 1.20. The smallest absolute Gasteiger partial charge is 0.150 e. The first-order chi connectivity index (χ1) is 6.66. The van der Waals surface area contributed by atoms with Crippen LogP contribution >= 0.6 is 27.7 Å². The summed E-state index contributed by atoms with van der Waals surface area (Å²) in [5, 5.41) is 2.85. The van der Waals surface area contributed by atoms with Crippen LogP contribution in [0.3, 0.4) is 0 Å². The van der Waals surface area contributed by atoms with E-state index in [9.17, 15) is 8.78 Å². The van der Waals surface area contributed by atoms with Crippen LogP contribution in [0, 0.1) is 11.6 Å². The maximum Gasteiger partial charge on any atom is 0.150 e. The van der Waals surface area contributed by atoms with Gasteiger partial charge in [0, 0.05) is 22.0 Å². The molecule has 1 nitrogen and oxygen atoms in total. The third-order valence-corrected chi connectivity index (χ3v) is 3.73. The van der Waals surface area contributed by atoms with E-state index in [1.807, 2.05) is 0 Å². The average Bonchev–Trinajstić information content (AvgIpc) is 1.98. The number of hydrogen-bond donors (Lipinski definition) is 1. The molecule has 0 radical (unpaired) electrons. The van der Waals surface area contributed by atoms with Gasteiger partial charge in [-0.1, -0.05) is 15.9 Å². The molecule has 76 valence electrons. The highest BCUT2D eigenvalue weighted by atomic mass is 79.9. The van der Waals surface area contributed by atoms with Crippen LogP contribution in [-0.2, 0) is 0 Å². The Labute approximate surface area is 93.4 Å². The summed E-state index contributed by atoms with van der Waals surface area (Å²) < 4.78 is 27.0. The van der Waals surface area contributed by atoms with Crippen molar-refractivity contribution in [1.29, 1.82) is 0 Å². The van der Waals surface area contributed by atoms with Gasteiger partial charge in [0.1, 0.15) is 17.3 Å². The molecule has 1 N–H and O–H groups in total. The Bertz CT molecular complexity index is 332. The molecule has 0 amide bonds. The van der Waals surface area contributed by atoms with Gasteiger partial charge >= 0.3 is 0 Å². The largest absolute Gasteiger partial charge is 0.376 e. The number of nitrogens with one attached hydrogen (secondary N) is 1. The van der Waals surface area contributed by atoms with Gasteiger partial charge in [-0.15, -0.1) is 0 Å². The molecule has 5 heteroatoms. The molecule has 1 aliphatic heterocycles. The molecule has 2 rings (SSSR count). The Hall–Kier alpha value is -0.290. The van der Waals surface area contributed by atoms with Crippen LogP contribution < -0.4 is 5.32 Å². The number of rotatable bonds is 2. The number of thioether (sulfide) groups is 1. The molecule has 0 aliphatic carbocycles. The summed E-state index contributed by atoms with van der Waals surface area (Å²) in [6.45, 7) is 0. The van der Waals surface area contributed by atoms with Crippen LogP contribution in [0.5, 0.6) is 0 Å².